The van der Waals surface area contributed by atoms with Gasteiger partial charge in [0.1, 0.15) is 5.01 Å². The second kappa shape index (κ2) is 5.19. The maximum atomic E-state index is 10.9. The SMILES string of the molecule is CC(C)(Nc1ccc(C(=O)O)c(Cl)c1)c1nccs1. The Morgan fingerprint density at radius 2 is 2.21 bits per heavy atom. The minimum Gasteiger partial charge on any atom is -0.478 e. The van der Waals surface area contributed by atoms with Crippen LogP contribution in [0.15, 0.2) is 29.8 Å². The third-order valence-electron chi connectivity index (χ3n) is 2.62. The van der Waals surface area contributed by atoms with Gasteiger partial charge in [-0.15, -0.1) is 11.3 Å². The molecule has 1 aromatic carbocycles. The minimum atomic E-state index is -1.03. The predicted octanol–water partition coefficient (Wildman–Crippen LogP) is 3.84. The van der Waals surface area contributed by atoms with Crippen molar-refractivity contribution in [2.75, 3.05) is 5.32 Å². The molecule has 0 saturated carbocycles. The van der Waals surface area contributed by atoms with Crippen molar-refractivity contribution < 1.29 is 9.90 Å². The van der Waals surface area contributed by atoms with Crippen LogP contribution in [0.2, 0.25) is 5.02 Å². The molecule has 0 aliphatic rings. The van der Waals surface area contributed by atoms with Crippen LogP contribution in [0.25, 0.3) is 0 Å². The Hall–Kier alpha value is -1.59. The Balaban J connectivity index is 2.25. The molecule has 0 aliphatic carbocycles. The summed E-state index contributed by atoms with van der Waals surface area (Å²) in [5.74, 6) is -1.03. The van der Waals surface area contributed by atoms with Gasteiger partial charge in [0.25, 0.3) is 0 Å². The maximum Gasteiger partial charge on any atom is 0.337 e. The standard InChI is InChI=1S/C13H13ClN2O2S/c1-13(2,12-15-5-6-19-12)16-8-3-4-9(11(17)18)10(14)7-8/h3-7,16H,1-2H3,(H,17,18). The normalized spacial score (nSPS) is 11.3. The molecule has 2 rings (SSSR count). The number of aromatic carboxylic acids is 1. The fraction of sp³-hybridized carbons (Fsp3) is 0.231. The number of anilines is 1. The lowest BCUT2D eigenvalue weighted by Crippen LogP contribution is -2.27. The van der Waals surface area contributed by atoms with Crippen molar-refractivity contribution in [3.63, 3.8) is 0 Å². The summed E-state index contributed by atoms with van der Waals surface area (Å²) in [6.45, 7) is 4.01. The molecule has 0 bridgehead atoms. The van der Waals surface area contributed by atoms with E-state index in [0.29, 0.717) is 0 Å². The van der Waals surface area contributed by atoms with Gasteiger partial charge in [-0.3, -0.25) is 0 Å². The van der Waals surface area contributed by atoms with Gasteiger partial charge < -0.3 is 10.4 Å². The second-order valence-corrected chi connectivity index (χ2v) is 5.89. The summed E-state index contributed by atoms with van der Waals surface area (Å²) in [5.41, 5.74) is 0.511. The summed E-state index contributed by atoms with van der Waals surface area (Å²) < 4.78 is 0. The molecule has 0 fully saturated rings. The fourth-order valence-corrected chi connectivity index (χ4v) is 2.69. The fourth-order valence-electron chi connectivity index (χ4n) is 1.71. The van der Waals surface area contributed by atoms with Crippen LogP contribution in [0.1, 0.15) is 29.2 Å². The van der Waals surface area contributed by atoms with E-state index >= 15 is 0 Å². The molecule has 19 heavy (non-hydrogen) atoms. The van der Waals surface area contributed by atoms with Gasteiger partial charge in [-0.1, -0.05) is 11.6 Å². The van der Waals surface area contributed by atoms with E-state index in [4.69, 9.17) is 16.7 Å². The summed E-state index contributed by atoms with van der Waals surface area (Å²) in [4.78, 5) is 15.2. The molecule has 0 unspecified atom stereocenters. The lowest BCUT2D eigenvalue weighted by atomic mass is 10.1. The molecule has 0 saturated heterocycles. The number of carboxylic acids is 1. The van der Waals surface area contributed by atoms with Gasteiger partial charge in [-0.2, -0.15) is 0 Å². The number of carboxylic acid groups (broad SMARTS) is 1. The number of benzene rings is 1. The number of thiazole rings is 1. The van der Waals surface area contributed by atoms with E-state index in [1.54, 1.807) is 29.7 Å². The smallest absolute Gasteiger partial charge is 0.337 e. The lowest BCUT2D eigenvalue weighted by molar-refractivity contribution is 0.0697. The number of nitrogens with zero attached hydrogens (tertiary/aromatic N) is 1. The predicted molar refractivity (Wildman–Crippen MR) is 77.2 cm³/mol. The molecule has 0 radical (unpaired) electrons. The molecule has 0 spiro atoms. The number of nitrogens with one attached hydrogen (secondary N) is 1. The highest BCUT2D eigenvalue weighted by Crippen LogP contribution is 2.29. The van der Waals surface area contributed by atoms with Crippen LogP contribution in [0.4, 0.5) is 5.69 Å². The minimum absolute atomic E-state index is 0.0965. The molecule has 0 atom stereocenters. The first-order chi connectivity index (χ1) is 8.90. The van der Waals surface area contributed by atoms with Gasteiger partial charge in [0.15, 0.2) is 0 Å². The van der Waals surface area contributed by atoms with Crippen LogP contribution in [-0.2, 0) is 5.54 Å². The molecule has 0 amide bonds. The number of aromatic nitrogens is 1. The van der Waals surface area contributed by atoms with Crippen molar-refractivity contribution >= 4 is 34.6 Å². The lowest BCUT2D eigenvalue weighted by Gasteiger charge is -2.25. The Morgan fingerprint density at radius 1 is 1.47 bits per heavy atom. The Morgan fingerprint density at radius 3 is 2.74 bits per heavy atom. The average molecular weight is 297 g/mol. The van der Waals surface area contributed by atoms with Crippen LogP contribution in [-0.4, -0.2) is 16.1 Å². The first kappa shape index (κ1) is 13.8. The molecule has 0 aliphatic heterocycles. The third kappa shape index (κ3) is 3.05. The van der Waals surface area contributed by atoms with Crippen molar-refractivity contribution in [1.82, 2.24) is 4.98 Å². The van der Waals surface area contributed by atoms with E-state index in [0.717, 1.165) is 10.7 Å². The average Bonchev–Trinajstić information content (AvgIpc) is 2.81. The Labute approximate surface area is 120 Å². The maximum absolute atomic E-state index is 10.9. The van der Waals surface area contributed by atoms with Crippen LogP contribution in [0.3, 0.4) is 0 Å². The molecule has 4 nitrogen and oxygen atoms in total. The number of rotatable bonds is 4. The van der Waals surface area contributed by atoms with Gasteiger partial charge in [-0.05, 0) is 32.0 Å². The van der Waals surface area contributed by atoms with Gasteiger partial charge in [0, 0.05) is 17.3 Å². The first-order valence-corrected chi connectivity index (χ1v) is 6.87. The van der Waals surface area contributed by atoms with Crippen molar-refractivity contribution in [3.8, 4) is 0 Å². The molecular formula is C13H13ClN2O2S. The summed E-state index contributed by atoms with van der Waals surface area (Å²) in [7, 11) is 0. The number of hydrogen-bond acceptors (Lipinski definition) is 4. The van der Waals surface area contributed by atoms with Crippen molar-refractivity contribution in [3.05, 3.63) is 45.4 Å². The molecule has 1 aromatic heterocycles. The molecule has 100 valence electrons. The molecule has 2 aromatic rings. The zero-order valence-electron chi connectivity index (χ0n) is 10.5. The van der Waals surface area contributed by atoms with Crippen molar-refractivity contribution in [2.45, 2.75) is 19.4 Å². The van der Waals surface area contributed by atoms with Crippen molar-refractivity contribution in [2.24, 2.45) is 0 Å². The number of hydrogen-bond donors (Lipinski definition) is 2. The van der Waals surface area contributed by atoms with Crippen LogP contribution < -0.4 is 5.32 Å². The quantitative estimate of drug-likeness (QED) is 0.900. The first-order valence-electron chi connectivity index (χ1n) is 5.61. The third-order valence-corrected chi connectivity index (χ3v) is 4.03. The highest BCUT2D eigenvalue weighted by molar-refractivity contribution is 7.09. The van der Waals surface area contributed by atoms with Crippen LogP contribution in [0, 0.1) is 0 Å². The Kier molecular flexibility index (Phi) is 3.78. The second-order valence-electron chi connectivity index (χ2n) is 4.59. The van der Waals surface area contributed by atoms with E-state index in [2.05, 4.69) is 10.3 Å². The molecular weight excluding hydrogens is 284 g/mol. The molecule has 1 heterocycles. The zero-order chi connectivity index (χ0) is 14.0. The zero-order valence-corrected chi connectivity index (χ0v) is 12.0. The van der Waals surface area contributed by atoms with Crippen LogP contribution in [0.5, 0.6) is 0 Å². The summed E-state index contributed by atoms with van der Waals surface area (Å²) in [5, 5.41) is 15.3. The summed E-state index contributed by atoms with van der Waals surface area (Å²) in [6, 6.07) is 4.80. The van der Waals surface area contributed by atoms with E-state index in [9.17, 15) is 4.79 Å². The number of halogens is 1. The summed E-state index contributed by atoms with van der Waals surface area (Å²) >= 11 is 7.50. The van der Waals surface area contributed by atoms with E-state index in [-0.39, 0.29) is 16.1 Å². The highest BCUT2D eigenvalue weighted by Gasteiger charge is 2.23. The van der Waals surface area contributed by atoms with Crippen molar-refractivity contribution in [1.29, 1.82) is 0 Å². The van der Waals surface area contributed by atoms with Gasteiger partial charge in [0.05, 0.1) is 16.1 Å². The topological polar surface area (TPSA) is 62.2 Å². The van der Waals surface area contributed by atoms with E-state index in [1.807, 2.05) is 19.2 Å². The van der Waals surface area contributed by atoms with E-state index in [1.165, 1.54) is 6.07 Å². The molecule has 6 heteroatoms. The Bertz CT molecular complexity index is 597. The van der Waals surface area contributed by atoms with Crippen LogP contribution >= 0.6 is 22.9 Å². The van der Waals surface area contributed by atoms with Gasteiger partial charge in [0.2, 0.25) is 0 Å². The van der Waals surface area contributed by atoms with Gasteiger partial charge >= 0.3 is 5.97 Å². The largest absolute Gasteiger partial charge is 0.478 e. The summed E-state index contributed by atoms with van der Waals surface area (Å²) in [6.07, 6.45) is 1.75. The van der Waals surface area contributed by atoms with E-state index < -0.39 is 5.97 Å². The number of carbonyl (C=O) groups is 1. The monoisotopic (exact) mass is 296 g/mol. The van der Waals surface area contributed by atoms with Gasteiger partial charge in [-0.25, -0.2) is 9.78 Å². The molecule has 2 N–H and O–H groups in total. The highest BCUT2D eigenvalue weighted by atomic mass is 35.5.